The summed E-state index contributed by atoms with van der Waals surface area (Å²) in [5.74, 6) is 0. The average Bonchev–Trinajstić information content (AvgIpc) is 2.45. The highest BCUT2D eigenvalue weighted by molar-refractivity contribution is 7.13. The van der Waals surface area contributed by atoms with Gasteiger partial charge in [-0.1, -0.05) is 0 Å². The lowest BCUT2D eigenvalue weighted by Crippen LogP contribution is -2.09. The Morgan fingerprint density at radius 2 is 2.14 bits per heavy atom. The van der Waals surface area contributed by atoms with E-state index in [9.17, 15) is 4.39 Å². The topological polar surface area (TPSA) is 38.9 Å². The second kappa shape index (κ2) is 2.92. The Morgan fingerprint density at radius 3 is 2.79 bits per heavy atom. The summed E-state index contributed by atoms with van der Waals surface area (Å²) in [6.45, 7) is 3.02. The molecule has 0 spiro atoms. The van der Waals surface area contributed by atoms with Gasteiger partial charge in [0.2, 0.25) is 0 Å². The SMILES string of the molecule is CC(C)(F)c1nsc2cc(N)ccc12. The number of hydrogen-bond donors (Lipinski definition) is 1. The maximum Gasteiger partial charge on any atom is 0.148 e. The van der Waals surface area contributed by atoms with Crippen LogP contribution in [-0.4, -0.2) is 4.37 Å². The lowest BCUT2D eigenvalue weighted by atomic mass is 10.0. The smallest absolute Gasteiger partial charge is 0.148 e. The van der Waals surface area contributed by atoms with Gasteiger partial charge in [-0.25, -0.2) is 4.39 Å². The summed E-state index contributed by atoms with van der Waals surface area (Å²) in [4.78, 5) is 0. The molecule has 0 unspecified atom stereocenters. The lowest BCUT2D eigenvalue weighted by Gasteiger charge is -2.10. The van der Waals surface area contributed by atoms with Gasteiger partial charge in [-0.15, -0.1) is 0 Å². The Balaban J connectivity index is 2.70. The first kappa shape index (κ1) is 9.40. The van der Waals surface area contributed by atoms with Crippen molar-refractivity contribution in [1.29, 1.82) is 0 Å². The van der Waals surface area contributed by atoms with Gasteiger partial charge in [0.25, 0.3) is 0 Å². The molecule has 0 saturated heterocycles. The van der Waals surface area contributed by atoms with E-state index in [4.69, 9.17) is 5.73 Å². The second-order valence-corrected chi connectivity index (χ2v) is 4.56. The lowest BCUT2D eigenvalue weighted by molar-refractivity contribution is 0.218. The van der Waals surface area contributed by atoms with Crippen molar-refractivity contribution in [2.24, 2.45) is 0 Å². The van der Waals surface area contributed by atoms with Crippen LogP contribution in [0.1, 0.15) is 19.5 Å². The van der Waals surface area contributed by atoms with Crippen LogP contribution >= 0.6 is 11.5 Å². The van der Waals surface area contributed by atoms with Crippen molar-refractivity contribution < 1.29 is 4.39 Å². The third kappa shape index (κ3) is 1.46. The van der Waals surface area contributed by atoms with Crippen LogP contribution in [0.25, 0.3) is 10.1 Å². The van der Waals surface area contributed by atoms with Gasteiger partial charge in [-0.3, -0.25) is 0 Å². The molecular weight excluding hydrogens is 199 g/mol. The first-order chi connectivity index (χ1) is 6.48. The van der Waals surface area contributed by atoms with Crippen molar-refractivity contribution in [1.82, 2.24) is 4.37 Å². The van der Waals surface area contributed by atoms with Crippen LogP contribution in [0, 0.1) is 0 Å². The summed E-state index contributed by atoms with van der Waals surface area (Å²) in [5.41, 5.74) is 5.42. The fraction of sp³-hybridized carbons (Fsp3) is 0.300. The number of nitrogens with zero attached hydrogens (tertiary/aromatic N) is 1. The van der Waals surface area contributed by atoms with Gasteiger partial charge in [0.05, 0.1) is 10.4 Å². The van der Waals surface area contributed by atoms with Gasteiger partial charge in [-0.05, 0) is 43.6 Å². The number of nitrogen functional groups attached to an aromatic ring is 1. The predicted octanol–water partition coefficient (Wildman–Crippen LogP) is 3.08. The molecule has 0 amide bonds. The molecular formula is C10H11FN2S. The number of hydrogen-bond acceptors (Lipinski definition) is 3. The minimum atomic E-state index is -1.39. The minimum Gasteiger partial charge on any atom is -0.399 e. The van der Waals surface area contributed by atoms with E-state index in [-0.39, 0.29) is 0 Å². The number of benzene rings is 1. The van der Waals surface area contributed by atoms with Crippen molar-refractivity contribution in [2.45, 2.75) is 19.5 Å². The van der Waals surface area contributed by atoms with Crippen LogP contribution in [0.2, 0.25) is 0 Å². The minimum absolute atomic E-state index is 0.498. The van der Waals surface area contributed by atoms with E-state index in [1.54, 1.807) is 6.07 Å². The van der Waals surface area contributed by atoms with Gasteiger partial charge in [0.1, 0.15) is 5.67 Å². The van der Waals surface area contributed by atoms with Crippen LogP contribution in [-0.2, 0) is 5.67 Å². The molecule has 0 atom stereocenters. The molecule has 0 bridgehead atoms. The molecule has 2 aromatic rings. The summed E-state index contributed by atoms with van der Waals surface area (Å²) >= 11 is 1.28. The first-order valence-electron chi connectivity index (χ1n) is 4.33. The summed E-state index contributed by atoms with van der Waals surface area (Å²) in [5, 5.41) is 0.858. The molecule has 2 rings (SSSR count). The number of halogens is 1. The number of aromatic nitrogens is 1. The fourth-order valence-corrected chi connectivity index (χ4v) is 2.34. The molecule has 14 heavy (non-hydrogen) atoms. The molecule has 0 aliphatic rings. The maximum atomic E-state index is 13.7. The summed E-state index contributed by atoms with van der Waals surface area (Å²) < 4.78 is 18.8. The number of alkyl halides is 1. The van der Waals surface area contributed by atoms with Crippen molar-refractivity contribution >= 4 is 27.3 Å². The summed E-state index contributed by atoms with van der Waals surface area (Å²) in [7, 11) is 0. The fourth-order valence-electron chi connectivity index (χ4n) is 1.38. The van der Waals surface area contributed by atoms with Crippen molar-refractivity contribution in [3.05, 3.63) is 23.9 Å². The standard InChI is InChI=1S/C10H11FN2S/c1-10(2,11)9-7-4-3-6(12)5-8(7)14-13-9/h3-5H,12H2,1-2H3. The number of rotatable bonds is 1. The maximum absolute atomic E-state index is 13.7. The molecule has 0 radical (unpaired) electrons. The van der Waals surface area contributed by atoms with Gasteiger partial charge < -0.3 is 5.73 Å². The zero-order chi connectivity index (χ0) is 10.3. The van der Waals surface area contributed by atoms with E-state index < -0.39 is 5.67 Å². The summed E-state index contributed by atoms with van der Waals surface area (Å²) in [6, 6.07) is 5.42. The molecule has 1 aromatic heterocycles. The van der Waals surface area contributed by atoms with E-state index >= 15 is 0 Å². The van der Waals surface area contributed by atoms with Crippen molar-refractivity contribution in [2.75, 3.05) is 5.73 Å². The number of anilines is 1. The van der Waals surface area contributed by atoms with E-state index in [1.165, 1.54) is 25.4 Å². The summed E-state index contributed by atoms with van der Waals surface area (Å²) in [6.07, 6.45) is 0. The number of nitrogens with two attached hydrogens (primary N) is 1. The van der Waals surface area contributed by atoms with Crippen molar-refractivity contribution in [3.63, 3.8) is 0 Å². The molecule has 1 aromatic carbocycles. The van der Waals surface area contributed by atoms with Crippen molar-refractivity contribution in [3.8, 4) is 0 Å². The Bertz CT molecular complexity index is 470. The Hall–Kier alpha value is -1.16. The molecule has 0 aliphatic heterocycles. The van der Waals surface area contributed by atoms with Crippen LogP contribution < -0.4 is 5.73 Å². The quantitative estimate of drug-likeness (QED) is 0.734. The van der Waals surface area contributed by atoms with Crippen LogP contribution in [0.15, 0.2) is 18.2 Å². The second-order valence-electron chi connectivity index (χ2n) is 3.76. The highest BCUT2D eigenvalue weighted by atomic mass is 32.1. The molecule has 2 nitrogen and oxygen atoms in total. The van der Waals surface area contributed by atoms with Gasteiger partial charge in [0, 0.05) is 11.1 Å². The zero-order valence-electron chi connectivity index (χ0n) is 8.04. The predicted molar refractivity (Wildman–Crippen MR) is 58.2 cm³/mol. The van der Waals surface area contributed by atoms with Gasteiger partial charge in [-0.2, -0.15) is 4.37 Å². The zero-order valence-corrected chi connectivity index (χ0v) is 8.86. The Morgan fingerprint density at radius 1 is 1.43 bits per heavy atom. The Kier molecular flexibility index (Phi) is 1.96. The van der Waals surface area contributed by atoms with Crippen LogP contribution in [0.4, 0.5) is 10.1 Å². The third-order valence-corrected chi connectivity index (χ3v) is 2.87. The highest BCUT2D eigenvalue weighted by Gasteiger charge is 2.24. The van der Waals surface area contributed by atoms with Crippen LogP contribution in [0.5, 0.6) is 0 Å². The largest absolute Gasteiger partial charge is 0.399 e. The molecule has 74 valence electrons. The van der Waals surface area contributed by atoms with E-state index in [0.29, 0.717) is 11.4 Å². The molecule has 0 aliphatic carbocycles. The molecule has 2 N–H and O–H groups in total. The van der Waals surface area contributed by atoms with Gasteiger partial charge >= 0.3 is 0 Å². The van der Waals surface area contributed by atoms with E-state index in [1.807, 2.05) is 12.1 Å². The van der Waals surface area contributed by atoms with Gasteiger partial charge in [0.15, 0.2) is 0 Å². The highest BCUT2D eigenvalue weighted by Crippen LogP contribution is 2.33. The monoisotopic (exact) mass is 210 g/mol. The first-order valence-corrected chi connectivity index (χ1v) is 5.10. The molecule has 0 fully saturated rings. The van der Waals surface area contributed by atoms with E-state index in [2.05, 4.69) is 4.37 Å². The Labute approximate surface area is 85.7 Å². The third-order valence-electron chi connectivity index (χ3n) is 2.06. The molecule has 0 saturated carbocycles. The van der Waals surface area contributed by atoms with Crippen LogP contribution in [0.3, 0.4) is 0 Å². The number of fused-ring (bicyclic) bond motifs is 1. The normalized spacial score (nSPS) is 12.2. The average molecular weight is 210 g/mol. The molecule has 4 heteroatoms. The molecule has 1 heterocycles. The van der Waals surface area contributed by atoms with E-state index in [0.717, 1.165) is 10.1 Å².